The van der Waals surface area contributed by atoms with E-state index in [0.717, 1.165) is 19.3 Å². The molecule has 0 saturated heterocycles. The zero-order valence-corrected chi connectivity index (χ0v) is 10.9. The number of aliphatic hydroxyl groups is 1. The second-order valence-electron chi connectivity index (χ2n) is 5.08. The number of carbonyl (C=O) groups excluding carboxylic acids is 1. The van der Waals surface area contributed by atoms with E-state index >= 15 is 0 Å². The molecule has 1 aliphatic carbocycles. The summed E-state index contributed by atoms with van der Waals surface area (Å²) in [5, 5.41) is 20.0. The molecule has 0 spiro atoms. The predicted octanol–water partition coefficient (Wildman–Crippen LogP) is 0.652. The molecule has 1 fully saturated rings. The number of amides is 2. The van der Waals surface area contributed by atoms with Crippen LogP contribution in [-0.2, 0) is 4.79 Å². The number of rotatable bonds is 4. The Kier molecular flexibility index (Phi) is 5.40. The predicted molar refractivity (Wildman–Crippen MR) is 66.2 cm³/mol. The van der Waals surface area contributed by atoms with Gasteiger partial charge in [-0.3, -0.25) is 0 Å². The maximum Gasteiger partial charge on any atom is 0.334 e. The fraction of sp³-hybridized carbons (Fsp3) is 0.833. The third-order valence-electron chi connectivity index (χ3n) is 3.51. The molecule has 0 heterocycles. The van der Waals surface area contributed by atoms with Gasteiger partial charge in [-0.25, -0.2) is 9.59 Å². The summed E-state index contributed by atoms with van der Waals surface area (Å²) in [5.74, 6) is -0.715. The zero-order valence-electron chi connectivity index (χ0n) is 10.9. The summed E-state index contributed by atoms with van der Waals surface area (Å²) < 4.78 is 0. The number of urea groups is 1. The Hall–Kier alpha value is -1.30. The van der Waals surface area contributed by atoms with Gasteiger partial charge < -0.3 is 20.4 Å². The number of aliphatic hydroxyl groups excluding tert-OH is 1. The number of nitrogens with one attached hydrogen (secondary N) is 1. The van der Waals surface area contributed by atoms with Gasteiger partial charge in [-0.2, -0.15) is 0 Å². The molecule has 0 aromatic heterocycles. The SMILES string of the molecule is CC1CCCC(N(C)C(=O)NC[C@H](O)C(=O)O)C1. The maximum absolute atomic E-state index is 11.8. The lowest BCUT2D eigenvalue weighted by Crippen LogP contribution is -2.47. The Morgan fingerprint density at radius 3 is 2.67 bits per heavy atom. The van der Waals surface area contributed by atoms with Crippen LogP contribution in [0.3, 0.4) is 0 Å². The van der Waals surface area contributed by atoms with Crippen LogP contribution in [0.1, 0.15) is 32.6 Å². The van der Waals surface area contributed by atoms with Crippen molar-refractivity contribution in [2.75, 3.05) is 13.6 Å². The van der Waals surface area contributed by atoms with Gasteiger partial charge >= 0.3 is 12.0 Å². The fourth-order valence-electron chi connectivity index (χ4n) is 2.32. The highest BCUT2D eigenvalue weighted by Gasteiger charge is 2.25. The third kappa shape index (κ3) is 4.18. The zero-order chi connectivity index (χ0) is 13.7. The Morgan fingerprint density at radius 1 is 1.44 bits per heavy atom. The molecule has 3 atom stereocenters. The normalized spacial score (nSPS) is 25.3. The standard InChI is InChI=1S/C12H22N2O4/c1-8-4-3-5-9(6-8)14(2)12(18)13-7-10(15)11(16)17/h8-10,15H,3-7H2,1-2H3,(H,13,18)(H,16,17)/t8?,9?,10-/m0/s1. The number of hydrogen-bond donors (Lipinski definition) is 3. The number of carbonyl (C=O) groups is 2. The van der Waals surface area contributed by atoms with Crippen molar-refractivity contribution in [3.05, 3.63) is 0 Å². The first-order valence-electron chi connectivity index (χ1n) is 6.33. The van der Waals surface area contributed by atoms with E-state index in [4.69, 9.17) is 10.2 Å². The fourth-order valence-corrected chi connectivity index (χ4v) is 2.32. The number of carboxylic acid groups (broad SMARTS) is 1. The highest BCUT2D eigenvalue weighted by atomic mass is 16.4. The number of aliphatic carboxylic acids is 1. The van der Waals surface area contributed by atoms with Gasteiger partial charge in [0.15, 0.2) is 6.10 Å². The first-order chi connectivity index (χ1) is 8.41. The molecule has 0 aromatic rings. The molecule has 6 heteroatoms. The van der Waals surface area contributed by atoms with Crippen molar-refractivity contribution >= 4 is 12.0 Å². The van der Waals surface area contributed by atoms with E-state index in [0.29, 0.717) is 5.92 Å². The van der Waals surface area contributed by atoms with Gasteiger partial charge in [-0.05, 0) is 18.8 Å². The van der Waals surface area contributed by atoms with Crippen LogP contribution in [0.15, 0.2) is 0 Å². The highest BCUT2D eigenvalue weighted by Crippen LogP contribution is 2.26. The molecule has 1 saturated carbocycles. The first-order valence-corrected chi connectivity index (χ1v) is 6.33. The lowest BCUT2D eigenvalue weighted by atomic mass is 9.86. The molecule has 1 rings (SSSR count). The Labute approximate surface area is 107 Å². The topological polar surface area (TPSA) is 89.9 Å². The van der Waals surface area contributed by atoms with Gasteiger partial charge in [-0.15, -0.1) is 0 Å². The van der Waals surface area contributed by atoms with Crippen LogP contribution in [0.5, 0.6) is 0 Å². The summed E-state index contributed by atoms with van der Waals surface area (Å²) in [6.45, 7) is 1.91. The van der Waals surface area contributed by atoms with Gasteiger partial charge in [0, 0.05) is 13.1 Å². The van der Waals surface area contributed by atoms with Crippen LogP contribution >= 0.6 is 0 Å². The average Bonchev–Trinajstić information content (AvgIpc) is 2.34. The third-order valence-corrected chi connectivity index (χ3v) is 3.51. The smallest absolute Gasteiger partial charge is 0.334 e. The summed E-state index contributed by atoms with van der Waals surface area (Å²) in [6.07, 6.45) is 2.72. The van der Waals surface area contributed by atoms with Crippen molar-refractivity contribution in [1.82, 2.24) is 10.2 Å². The van der Waals surface area contributed by atoms with E-state index in [2.05, 4.69) is 12.2 Å². The van der Waals surface area contributed by atoms with E-state index in [9.17, 15) is 9.59 Å². The van der Waals surface area contributed by atoms with Crippen LogP contribution in [-0.4, -0.2) is 52.9 Å². The molecule has 3 N–H and O–H groups in total. The van der Waals surface area contributed by atoms with Crippen molar-refractivity contribution in [3.8, 4) is 0 Å². The van der Waals surface area contributed by atoms with Gasteiger partial charge in [0.05, 0.1) is 6.54 Å². The second kappa shape index (κ2) is 6.58. The molecule has 2 unspecified atom stereocenters. The molecule has 0 aromatic carbocycles. The van der Waals surface area contributed by atoms with Gasteiger partial charge in [-0.1, -0.05) is 19.8 Å². The van der Waals surface area contributed by atoms with Crippen LogP contribution in [0.25, 0.3) is 0 Å². The van der Waals surface area contributed by atoms with Crippen LogP contribution in [0.4, 0.5) is 4.79 Å². The van der Waals surface area contributed by atoms with E-state index in [1.165, 1.54) is 6.42 Å². The van der Waals surface area contributed by atoms with Crippen LogP contribution in [0, 0.1) is 5.92 Å². The minimum atomic E-state index is -1.55. The van der Waals surface area contributed by atoms with Gasteiger partial charge in [0.2, 0.25) is 0 Å². The quantitative estimate of drug-likeness (QED) is 0.690. The molecule has 104 valence electrons. The molecule has 1 aliphatic rings. The average molecular weight is 258 g/mol. The highest BCUT2D eigenvalue weighted by molar-refractivity contribution is 5.76. The summed E-state index contributed by atoms with van der Waals surface area (Å²) in [7, 11) is 1.71. The maximum atomic E-state index is 11.8. The molecule has 0 radical (unpaired) electrons. The van der Waals surface area contributed by atoms with Crippen molar-refractivity contribution in [2.45, 2.75) is 44.8 Å². The van der Waals surface area contributed by atoms with Crippen LogP contribution < -0.4 is 5.32 Å². The Bertz CT molecular complexity index is 308. The van der Waals surface area contributed by atoms with Gasteiger partial charge in [0.25, 0.3) is 0 Å². The summed E-state index contributed by atoms with van der Waals surface area (Å²) >= 11 is 0. The van der Waals surface area contributed by atoms with E-state index in [1.54, 1.807) is 11.9 Å². The van der Waals surface area contributed by atoms with Crippen LogP contribution in [0.2, 0.25) is 0 Å². The number of carboxylic acids is 1. The van der Waals surface area contributed by atoms with Crippen molar-refractivity contribution in [3.63, 3.8) is 0 Å². The van der Waals surface area contributed by atoms with Crippen molar-refractivity contribution < 1.29 is 19.8 Å². The minimum Gasteiger partial charge on any atom is -0.479 e. The summed E-state index contributed by atoms with van der Waals surface area (Å²) in [4.78, 5) is 23.8. The first kappa shape index (κ1) is 14.8. The molecule has 0 aliphatic heterocycles. The lowest BCUT2D eigenvalue weighted by Gasteiger charge is -2.34. The number of nitrogens with zero attached hydrogens (tertiary/aromatic N) is 1. The van der Waals surface area contributed by atoms with Gasteiger partial charge in [0.1, 0.15) is 0 Å². The minimum absolute atomic E-state index is 0.204. The van der Waals surface area contributed by atoms with Crippen molar-refractivity contribution in [1.29, 1.82) is 0 Å². The Morgan fingerprint density at radius 2 is 2.11 bits per heavy atom. The van der Waals surface area contributed by atoms with E-state index < -0.39 is 12.1 Å². The lowest BCUT2D eigenvalue weighted by molar-refractivity contribution is -0.146. The second-order valence-corrected chi connectivity index (χ2v) is 5.08. The van der Waals surface area contributed by atoms with Crippen molar-refractivity contribution in [2.24, 2.45) is 5.92 Å². The molecule has 0 bridgehead atoms. The summed E-state index contributed by atoms with van der Waals surface area (Å²) in [5.41, 5.74) is 0. The largest absolute Gasteiger partial charge is 0.479 e. The summed E-state index contributed by atoms with van der Waals surface area (Å²) in [6, 6.07) is -0.120. The van der Waals surface area contributed by atoms with E-state index in [-0.39, 0.29) is 18.6 Å². The number of hydrogen-bond acceptors (Lipinski definition) is 3. The Balaban J connectivity index is 2.38. The monoisotopic (exact) mass is 258 g/mol. The molecule has 2 amide bonds. The molecule has 18 heavy (non-hydrogen) atoms. The molecular formula is C12H22N2O4. The molecular weight excluding hydrogens is 236 g/mol. The molecule has 6 nitrogen and oxygen atoms in total. The van der Waals surface area contributed by atoms with E-state index in [1.807, 2.05) is 0 Å².